The number of benzene rings is 1. The highest BCUT2D eigenvalue weighted by Crippen LogP contribution is 2.37. The Morgan fingerprint density at radius 1 is 1.29 bits per heavy atom. The molecule has 0 aromatic heterocycles. The normalized spacial score (nSPS) is 12.0. The van der Waals surface area contributed by atoms with Crippen molar-refractivity contribution < 1.29 is 14.3 Å². The van der Waals surface area contributed by atoms with E-state index in [-0.39, 0.29) is 5.92 Å². The zero-order valence-corrected chi connectivity index (χ0v) is 10.9. The molecule has 1 aromatic rings. The van der Waals surface area contributed by atoms with Crippen molar-refractivity contribution in [3.05, 3.63) is 23.3 Å². The van der Waals surface area contributed by atoms with Gasteiger partial charge in [-0.3, -0.25) is 0 Å². The highest BCUT2D eigenvalue weighted by atomic mass is 16.5. The van der Waals surface area contributed by atoms with Crippen molar-refractivity contribution in [3.63, 3.8) is 0 Å². The molecule has 1 rings (SSSR count). The summed E-state index contributed by atoms with van der Waals surface area (Å²) < 4.78 is 10.7. The second-order valence-electron chi connectivity index (χ2n) is 4.08. The number of hydrogen-bond donors (Lipinski definition) is 0. The Kier molecular flexibility index (Phi) is 5.01. The molecule has 3 heteroatoms. The molecule has 17 heavy (non-hydrogen) atoms. The predicted octanol–water partition coefficient (Wildman–Crippen LogP) is 2.96. The van der Waals surface area contributed by atoms with Gasteiger partial charge in [0.25, 0.3) is 0 Å². The molecule has 1 atom stereocenters. The highest BCUT2D eigenvalue weighted by Gasteiger charge is 2.16. The van der Waals surface area contributed by atoms with Crippen LogP contribution in [0.15, 0.2) is 12.1 Å². The van der Waals surface area contributed by atoms with Crippen molar-refractivity contribution in [2.24, 2.45) is 0 Å². The summed E-state index contributed by atoms with van der Waals surface area (Å²) in [5.41, 5.74) is 2.23. The van der Waals surface area contributed by atoms with Gasteiger partial charge in [-0.15, -0.1) is 0 Å². The van der Waals surface area contributed by atoms with Gasteiger partial charge in [0.2, 0.25) is 0 Å². The monoisotopic (exact) mass is 236 g/mol. The number of carbonyl (C=O) groups excluding carboxylic acids is 1. The Bertz CT molecular complexity index is 385. The average molecular weight is 236 g/mol. The summed E-state index contributed by atoms with van der Waals surface area (Å²) in [7, 11) is 3.26. The van der Waals surface area contributed by atoms with Gasteiger partial charge in [-0.05, 0) is 24.0 Å². The van der Waals surface area contributed by atoms with E-state index < -0.39 is 0 Å². The van der Waals surface area contributed by atoms with E-state index in [0.29, 0.717) is 6.42 Å². The van der Waals surface area contributed by atoms with Gasteiger partial charge >= 0.3 is 0 Å². The van der Waals surface area contributed by atoms with E-state index in [1.54, 1.807) is 14.2 Å². The molecule has 0 aliphatic rings. The van der Waals surface area contributed by atoms with Crippen LogP contribution in [0.4, 0.5) is 0 Å². The second kappa shape index (κ2) is 6.28. The molecule has 0 fully saturated rings. The van der Waals surface area contributed by atoms with Gasteiger partial charge in [0, 0.05) is 12.0 Å². The summed E-state index contributed by atoms with van der Waals surface area (Å²) in [5.74, 6) is 1.61. The molecule has 0 saturated heterocycles. The summed E-state index contributed by atoms with van der Waals surface area (Å²) in [5, 5.41) is 0. The zero-order chi connectivity index (χ0) is 12.8. The Labute approximate surface area is 103 Å². The molecule has 1 aromatic carbocycles. The third kappa shape index (κ3) is 2.99. The van der Waals surface area contributed by atoms with Crippen molar-refractivity contribution in [1.82, 2.24) is 0 Å². The number of methoxy groups -OCH3 is 2. The zero-order valence-electron chi connectivity index (χ0n) is 10.9. The Morgan fingerprint density at radius 3 is 2.47 bits per heavy atom. The van der Waals surface area contributed by atoms with E-state index in [9.17, 15) is 4.79 Å². The van der Waals surface area contributed by atoms with Gasteiger partial charge in [-0.25, -0.2) is 0 Å². The molecule has 0 radical (unpaired) electrons. The molecule has 0 aliphatic heterocycles. The Hall–Kier alpha value is -1.51. The van der Waals surface area contributed by atoms with Crippen LogP contribution in [-0.4, -0.2) is 20.5 Å². The smallest absolute Gasteiger partial charge is 0.164 e. The largest absolute Gasteiger partial charge is 0.493 e. The van der Waals surface area contributed by atoms with Gasteiger partial charge in [-0.1, -0.05) is 19.9 Å². The van der Waals surface area contributed by atoms with Crippen molar-refractivity contribution in [2.75, 3.05) is 14.2 Å². The van der Waals surface area contributed by atoms with Crippen LogP contribution in [0.1, 0.15) is 37.3 Å². The number of aldehydes is 1. The standard InChI is InChI=1S/C14H20O3/c1-5-11-8-12(10(2)6-7-15)14(17-4)13(9-11)16-3/h7-10H,5-6H2,1-4H3. The molecule has 94 valence electrons. The number of hydrogen-bond acceptors (Lipinski definition) is 3. The number of rotatable bonds is 6. The van der Waals surface area contributed by atoms with Crippen LogP contribution >= 0.6 is 0 Å². The van der Waals surface area contributed by atoms with Gasteiger partial charge in [0.05, 0.1) is 14.2 Å². The van der Waals surface area contributed by atoms with Crippen LogP contribution in [0.25, 0.3) is 0 Å². The molecule has 0 spiro atoms. The quantitative estimate of drug-likeness (QED) is 0.712. The van der Waals surface area contributed by atoms with Crippen LogP contribution in [-0.2, 0) is 11.2 Å². The molecule has 0 saturated carbocycles. The number of ether oxygens (including phenoxy) is 2. The number of carbonyl (C=O) groups is 1. The topological polar surface area (TPSA) is 35.5 Å². The second-order valence-corrected chi connectivity index (χ2v) is 4.08. The Morgan fingerprint density at radius 2 is 2.00 bits per heavy atom. The maximum Gasteiger partial charge on any atom is 0.164 e. The summed E-state index contributed by atoms with van der Waals surface area (Å²) in [6.45, 7) is 4.11. The van der Waals surface area contributed by atoms with E-state index in [0.717, 1.165) is 29.8 Å². The fourth-order valence-electron chi connectivity index (χ4n) is 1.89. The summed E-state index contributed by atoms with van der Waals surface area (Å²) in [6, 6.07) is 4.07. The summed E-state index contributed by atoms with van der Waals surface area (Å²) in [4.78, 5) is 10.6. The maximum atomic E-state index is 10.6. The lowest BCUT2D eigenvalue weighted by Gasteiger charge is -2.18. The van der Waals surface area contributed by atoms with E-state index in [4.69, 9.17) is 9.47 Å². The third-order valence-corrected chi connectivity index (χ3v) is 2.96. The minimum atomic E-state index is 0.142. The van der Waals surface area contributed by atoms with Gasteiger partial charge in [0.15, 0.2) is 11.5 Å². The van der Waals surface area contributed by atoms with Crippen molar-refractivity contribution in [1.29, 1.82) is 0 Å². The SMILES string of the molecule is CCc1cc(OC)c(OC)c(C(C)CC=O)c1. The highest BCUT2D eigenvalue weighted by molar-refractivity contribution is 5.56. The van der Waals surface area contributed by atoms with E-state index in [1.807, 2.05) is 13.0 Å². The van der Waals surface area contributed by atoms with Crippen LogP contribution in [0, 0.1) is 0 Å². The summed E-state index contributed by atoms with van der Waals surface area (Å²) in [6.07, 6.45) is 2.36. The Balaban J connectivity index is 3.27. The maximum absolute atomic E-state index is 10.6. The van der Waals surface area contributed by atoms with Crippen LogP contribution in [0.5, 0.6) is 11.5 Å². The molecular formula is C14H20O3. The minimum Gasteiger partial charge on any atom is -0.493 e. The predicted molar refractivity (Wildman–Crippen MR) is 68.0 cm³/mol. The lowest BCUT2D eigenvalue weighted by molar-refractivity contribution is -0.108. The van der Waals surface area contributed by atoms with E-state index >= 15 is 0 Å². The minimum absolute atomic E-state index is 0.142. The third-order valence-electron chi connectivity index (χ3n) is 2.96. The molecule has 0 heterocycles. The van der Waals surface area contributed by atoms with E-state index in [1.165, 1.54) is 5.56 Å². The molecular weight excluding hydrogens is 216 g/mol. The number of aryl methyl sites for hydroxylation is 1. The van der Waals surface area contributed by atoms with Crippen molar-refractivity contribution >= 4 is 6.29 Å². The fourth-order valence-corrected chi connectivity index (χ4v) is 1.89. The first-order valence-corrected chi connectivity index (χ1v) is 5.86. The summed E-state index contributed by atoms with van der Waals surface area (Å²) >= 11 is 0. The first-order chi connectivity index (χ1) is 8.17. The molecule has 0 N–H and O–H groups in total. The molecule has 0 aliphatic carbocycles. The van der Waals surface area contributed by atoms with Crippen LogP contribution in [0.2, 0.25) is 0 Å². The van der Waals surface area contributed by atoms with Crippen LogP contribution in [0.3, 0.4) is 0 Å². The van der Waals surface area contributed by atoms with Crippen molar-refractivity contribution in [3.8, 4) is 11.5 Å². The van der Waals surface area contributed by atoms with Crippen molar-refractivity contribution in [2.45, 2.75) is 32.6 Å². The fraction of sp³-hybridized carbons (Fsp3) is 0.500. The van der Waals surface area contributed by atoms with Gasteiger partial charge in [-0.2, -0.15) is 0 Å². The molecule has 1 unspecified atom stereocenters. The van der Waals surface area contributed by atoms with Gasteiger partial charge < -0.3 is 14.3 Å². The molecule has 0 bridgehead atoms. The average Bonchev–Trinajstić information content (AvgIpc) is 2.37. The first kappa shape index (κ1) is 13.6. The van der Waals surface area contributed by atoms with Gasteiger partial charge in [0.1, 0.15) is 6.29 Å². The first-order valence-electron chi connectivity index (χ1n) is 5.86. The van der Waals surface area contributed by atoms with Crippen LogP contribution < -0.4 is 9.47 Å². The lowest BCUT2D eigenvalue weighted by atomic mass is 9.94. The lowest BCUT2D eigenvalue weighted by Crippen LogP contribution is -2.02. The van der Waals surface area contributed by atoms with E-state index in [2.05, 4.69) is 13.0 Å². The molecule has 0 amide bonds. The molecule has 3 nitrogen and oxygen atoms in total.